The molecule has 0 saturated carbocycles. The van der Waals surface area contributed by atoms with Crippen molar-refractivity contribution in [3.8, 4) is 5.75 Å². The lowest BCUT2D eigenvalue weighted by molar-refractivity contribution is 0.0696. The first-order valence-corrected chi connectivity index (χ1v) is 8.43. The Balaban J connectivity index is 2.06. The third-order valence-corrected chi connectivity index (χ3v) is 5.46. The summed E-state index contributed by atoms with van der Waals surface area (Å²) in [4.78, 5) is 11.2. The first-order valence-electron chi connectivity index (χ1n) is 6.99. The van der Waals surface area contributed by atoms with Crippen molar-refractivity contribution in [2.24, 2.45) is 0 Å². The van der Waals surface area contributed by atoms with Crippen molar-refractivity contribution in [2.75, 3.05) is 17.5 Å². The van der Waals surface area contributed by atoms with Gasteiger partial charge in [-0.25, -0.2) is 13.2 Å². The molecule has 0 saturated heterocycles. The summed E-state index contributed by atoms with van der Waals surface area (Å²) in [5.41, 5.74) is 1.37. The normalized spacial score (nSPS) is 14.0. The molecule has 120 valence electrons. The molecule has 1 heterocycles. The molecule has 6 nitrogen and oxygen atoms in total. The van der Waals surface area contributed by atoms with Gasteiger partial charge in [0.15, 0.2) is 0 Å². The zero-order valence-corrected chi connectivity index (χ0v) is 13.2. The van der Waals surface area contributed by atoms with E-state index in [1.807, 2.05) is 6.92 Å². The van der Waals surface area contributed by atoms with Gasteiger partial charge >= 0.3 is 5.97 Å². The second kappa shape index (κ2) is 5.58. The van der Waals surface area contributed by atoms with Gasteiger partial charge in [-0.2, -0.15) is 0 Å². The van der Waals surface area contributed by atoms with Crippen LogP contribution in [-0.2, 0) is 10.0 Å². The summed E-state index contributed by atoms with van der Waals surface area (Å²) in [5.74, 6) is -0.832. The predicted molar refractivity (Wildman–Crippen MR) is 84.6 cm³/mol. The number of aryl methyl sites for hydroxylation is 1. The van der Waals surface area contributed by atoms with Crippen molar-refractivity contribution in [2.45, 2.75) is 11.8 Å². The summed E-state index contributed by atoms with van der Waals surface area (Å²) in [5, 5.41) is 9.03. The number of hydrogen-bond donors (Lipinski definition) is 1. The van der Waals surface area contributed by atoms with Crippen molar-refractivity contribution >= 4 is 21.7 Å². The molecule has 0 amide bonds. The van der Waals surface area contributed by atoms with Gasteiger partial charge in [-0.1, -0.05) is 17.7 Å². The molecule has 2 aromatic carbocycles. The smallest absolute Gasteiger partial charge is 0.335 e. The molecule has 0 radical (unpaired) electrons. The van der Waals surface area contributed by atoms with E-state index in [-0.39, 0.29) is 29.4 Å². The van der Waals surface area contributed by atoms with Gasteiger partial charge in [-0.15, -0.1) is 0 Å². The average Bonchev–Trinajstić information content (AvgIpc) is 2.54. The standard InChI is InChI=1S/C16H15NO5S/c1-11-2-5-13(6-3-11)23(20,21)17-8-9-22-15-10-12(16(18)19)4-7-14(15)17/h2-7,10H,8-9H2,1H3,(H,18,19). The summed E-state index contributed by atoms with van der Waals surface area (Å²) in [6.45, 7) is 2.23. The SMILES string of the molecule is Cc1ccc(S(=O)(=O)N2CCOc3cc(C(=O)O)ccc32)cc1. The third-order valence-electron chi connectivity index (χ3n) is 3.64. The number of sulfonamides is 1. The Morgan fingerprint density at radius 3 is 2.52 bits per heavy atom. The molecular formula is C16H15NO5S. The van der Waals surface area contributed by atoms with E-state index in [0.29, 0.717) is 5.69 Å². The van der Waals surface area contributed by atoms with Crippen LogP contribution in [0.3, 0.4) is 0 Å². The Morgan fingerprint density at radius 1 is 1.17 bits per heavy atom. The van der Waals surface area contributed by atoms with Crippen LogP contribution in [0.15, 0.2) is 47.4 Å². The zero-order valence-electron chi connectivity index (χ0n) is 12.4. The highest BCUT2D eigenvalue weighted by Crippen LogP contribution is 2.36. The molecule has 0 atom stereocenters. The number of carbonyl (C=O) groups is 1. The molecule has 0 aliphatic carbocycles. The number of hydrogen-bond acceptors (Lipinski definition) is 4. The topological polar surface area (TPSA) is 83.9 Å². The fourth-order valence-corrected chi connectivity index (χ4v) is 3.87. The minimum Gasteiger partial charge on any atom is -0.489 e. The number of carboxylic acid groups (broad SMARTS) is 1. The molecule has 0 aromatic heterocycles. The number of nitrogens with zero attached hydrogens (tertiary/aromatic N) is 1. The van der Waals surface area contributed by atoms with Crippen molar-refractivity contribution in [3.05, 3.63) is 53.6 Å². The molecule has 2 aromatic rings. The van der Waals surface area contributed by atoms with E-state index in [1.165, 1.54) is 22.5 Å². The number of anilines is 1. The minimum atomic E-state index is -3.72. The van der Waals surface area contributed by atoms with Crippen molar-refractivity contribution in [3.63, 3.8) is 0 Å². The Morgan fingerprint density at radius 2 is 1.87 bits per heavy atom. The fourth-order valence-electron chi connectivity index (χ4n) is 2.41. The van der Waals surface area contributed by atoms with E-state index < -0.39 is 16.0 Å². The summed E-state index contributed by atoms with van der Waals surface area (Å²) in [6, 6.07) is 10.8. The second-order valence-electron chi connectivity index (χ2n) is 5.23. The number of carboxylic acids is 1. The van der Waals surface area contributed by atoms with Crippen LogP contribution in [0.4, 0.5) is 5.69 Å². The van der Waals surface area contributed by atoms with Gasteiger partial charge in [0, 0.05) is 0 Å². The molecule has 1 aliphatic heterocycles. The van der Waals surface area contributed by atoms with Crippen LogP contribution in [0.2, 0.25) is 0 Å². The van der Waals surface area contributed by atoms with Gasteiger partial charge in [-0.3, -0.25) is 4.31 Å². The molecule has 23 heavy (non-hydrogen) atoms. The third kappa shape index (κ3) is 2.75. The van der Waals surface area contributed by atoms with Gasteiger partial charge in [-0.05, 0) is 37.3 Å². The summed E-state index contributed by atoms with van der Waals surface area (Å²) >= 11 is 0. The lowest BCUT2D eigenvalue weighted by atomic mass is 10.2. The monoisotopic (exact) mass is 333 g/mol. The highest BCUT2D eigenvalue weighted by atomic mass is 32.2. The lowest BCUT2D eigenvalue weighted by Crippen LogP contribution is -2.38. The van der Waals surface area contributed by atoms with Crippen molar-refractivity contribution in [1.29, 1.82) is 0 Å². The molecular weight excluding hydrogens is 318 g/mol. The molecule has 7 heteroatoms. The van der Waals surface area contributed by atoms with Gasteiger partial charge in [0.1, 0.15) is 12.4 Å². The van der Waals surface area contributed by atoms with Gasteiger partial charge in [0.2, 0.25) is 0 Å². The quantitative estimate of drug-likeness (QED) is 0.931. The second-order valence-corrected chi connectivity index (χ2v) is 7.09. The molecule has 0 bridgehead atoms. The highest BCUT2D eigenvalue weighted by molar-refractivity contribution is 7.92. The summed E-state index contributed by atoms with van der Waals surface area (Å²) in [7, 11) is -3.72. The maximum atomic E-state index is 12.8. The number of benzene rings is 2. The highest BCUT2D eigenvalue weighted by Gasteiger charge is 2.30. The molecule has 1 N–H and O–H groups in total. The number of fused-ring (bicyclic) bond motifs is 1. The fraction of sp³-hybridized carbons (Fsp3) is 0.188. The van der Waals surface area contributed by atoms with E-state index in [4.69, 9.17) is 9.84 Å². The Bertz CT molecular complexity index is 859. The molecule has 0 fully saturated rings. The van der Waals surface area contributed by atoms with Crippen molar-refractivity contribution < 1.29 is 23.1 Å². The summed E-state index contributed by atoms with van der Waals surface area (Å²) < 4.78 is 32.3. The van der Waals surface area contributed by atoms with E-state index in [1.54, 1.807) is 24.3 Å². The minimum absolute atomic E-state index is 0.0540. The van der Waals surface area contributed by atoms with Crippen LogP contribution in [0, 0.1) is 6.92 Å². The van der Waals surface area contributed by atoms with Crippen LogP contribution in [-0.4, -0.2) is 32.6 Å². The Labute approximate surface area is 134 Å². The molecule has 0 unspecified atom stereocenters. The van der Waals surface area contributed by atoms with E-state index in [9.17, 15) is 13.2 Å². The Kier molecular flexibility index (Phi) is 3.73. The zero-order chi connectivity index (χ0) is 16.6. The number of rotatable bonds is 3. The number of ether oxygens (including phenoxy) is 1. The van der Waals surface area contributed by atoms with Gasteiger partial charge in [0.25, 0.3) is 10.0 Å². The number of aromatic carboxylic acids is 1. The van der Waals surface area contributed by atoms with Crippen molar-refractivity contribution in [1.82, 2.24) is 0 Å². The van der Waals surface area contributed by atoms with Crippen LogP contribution < -0.4 is 9.04 Å². The first kappa shape index (κ1) is 15.4. The van der Waals surface area contributed by atoms with Crippen LogP contribution in [0.25, 0.3) is 0 Å². The Hall–Kier alpha value is -2.54. The van der Waals surface area contributed by atoms with Gasteiger partial charge in [0.05, 0.1) is 22.7 Å². The van der Waals surface area contributed by atoms with E-state index in [2.05, 4.69) is 0 Å². The maximum Gasteiger partial charge on any atom is 0.335 e. The van der Waals surface area contributed by atoms with Crippen LogP contribution >= 0.6 is 0 Å². The lowest BCUT2D eigenvalue weighted by Gasteiger charge is -2.30. The molecule has 1 aliphatic rings. The van der Waals surface area contributed by atoms with Crippen LogP contribution in [0.1, 0.15) is 15.9 Å². The average molecular weight is 333 g/mol. The largest absolute Gasteiger partial charge is 0.489 e. The molecule has 3 rings (SSSR count). The van der Waals surface area contributed by atoms with Gasteiger partial charge < -0.3 is 9.84 Å². The van der Waals surface area contributed by atoms with E-state index in [0.717, 1.165) is 5.56 Å². The molecule has 0 spiro atoms. The summed E-state index contributed by atoms with van der Waals surface area (Å²) in [6.07, 6.45) is 0. The predicted octanol–water partition coefficient (Wildman–Crippen LogP) is 2.28. The van der Waals surface area contributed by atoms with E-state index >= 15 is 0 Å². The first-order chi connectivity index (χ1) is 10.9. The van der Waals surface area contributed by atoms with Crippen LogP contribution in [0.5, 0.6) is 5.75 Å². The maximum absolute atomic E-state index is 12.8.